The van der Waals surface area contributed by atoms with Gasteiger partial charge in [0.1, 0.15) is 0 Å². The summed E-state index contributed by atoms with van der Waals surface area (Å²) >= 11 is 1.23. The number of thiazole rings is 1. The largest absolute Gasteiger partial charge is 0.398 e. The molecule has 2 aromatic rings. The molecule has 7 heteroatoms. The molecule has 1 aromatic heterocycles. The molecule has 0 fully saturated rings. The van der Waals surface area contributed by atoms with E-state index in [-0.39, 0.29) is 4.90 Å². The Labute approximate surface area is 110 Å². The third-order valence-corrected chi connectivity index (χ3v) is 5.01. The zero-order chi connectivity index (χ0) is 13.3. The molecule has 0 radical (unpaired) electrons. The molecular formula is C11H13N3O2S2. The fourth-order valence-corrected chi connectivity index (χ4v) is 3.99. The molecule has 1 heterocycles. The van der Waals surface area contributed by atoms with Gasteiger partial charge in [0, 0.05) is 17.3 Å². The average molecular weight is 283 g/mol. The number of nitrogens with zero attached hydrogens (tertiary/aromatic N) is 1. The first kappa shape index (κ1) is 12.8. The van der Waals surface area contributed by atoms with Gasteiger partial charge >= 0.3 is 0 Å². The monoisotopic (exact) mass is 283 g/mol. The van der Waals surface area contributed by atoms with Crippen molar-refractivity contribution in [3.8, 4) is 0 Å². The molecule has 96 valence electrons. The summed E-state index contributed by atoms with van der Waals surface area (Å²) in [4.78, 5) is 4.13. The second-order valence-corrected chi connectivity index (χ2v) is 6.38. The van der Waals surface area contributed by atoms with E-state index in [0.717, 1.165) is 0 Å². The third-order valence-electron chi connectivity index (χ3n) is 2.57. The lowest BCUT2D eigenvalue weighted by molar-refractivity contribution is 0.600. The highest BCUT2D eigenvalue weighted by Gasteiger charge is 2.21. The molecule has 0 saturated carbocycles. The zero-order valence-corrected chi connectivity index (χ0v) is 11.6. The summed E-state index contributed by atoms with van der Waals surface area (Å²) in [5.74, 6) is 0. The Kier molecular flexibility index (Phi) is 3.27. The molecular weight excluding hydrogens is 270 g/mol. The van der Waals surface area contributed by atoms with Crippen LogP contribution in [0.25, 0.3) is 0 Å². The van der Waals surface area contributed by atoms with E-state index in [4.69, 9.17) is 5.73 Å². The Hall–Kier alpha value is -1.60. The summed E-state index contributed by atoms with van der Waals surface area (Å²) in [5.41, 5.74) is 7.43. The second kappa shape index (κ2) is 4.58. The summed E-state index contributed by atoms with van der Waals surface area (Å²) in [6, 6.07) is 3.39. The van der Waals surface area contributed by atoms with E-state index < -0.39 is 10.0 Å². The van der Waals surface area contributed by atoms with E-state index in [9.17, 15) is 8.42 Å². The van der Waals surface area contributed by atoms with Gasteiger partial charge in [-0.2, -0.15) is 0 Å². The molecule has 5 nitrogen and oxygen atoms in total. The lowest BCUT2D eigenvalue weighted by atomic mass is 10.1. The lowest BCUT2D eigenvalue weighted by Gasteiger charge is -2.12. The zero-order valence-electron chi connectivity index (χ0n) is 9.97. The van der Waals surface area contributed by atoms with Crippen LogP contribution in [0.4, 0.5) is 10.8 Å². The van der Waals surface area contributed by atoms with Crippen LogP contribution in [0.3, 0.4) is 0 Å². The molecule has 0 spiro atoms. The van der Waals surface area contributed by atoms with Gasteiger partial charge in [0.15, 0.2) is 5.13 Å². The Morgan fingerprint density at radius 2 is 2.06 bits per heavy atom. The molecule has 0 aliphatic rings. The summed E-state index contributed by atoms with van der Waals surface area (Å²) in [6.07, 6.45) is 1.54. The maximum Gasteiger partial charge on any atom is 0.264 e. The molecule has 0 bridgehead atoms. The molecule has 0 unspecified atom stereocenters. The van der Waals surface area contributed by atoms with Crippen molar-refractivity contribution in [1.82, 2.24) is 4.98 Å². The van der Waals surface area contributed by atoms with E-state index in [1.54, 1.807) is 37.6 Å². The number of rotatable bonds is 3. The minimum absolute atomic E-state index is 0.220. The molecule has 0 atom stereocenters. The predicted octanol–water partition coefficient (Wildman–Crippen LogP) is 2.14. The van der Waals surface area contributed by atoms with Crippen molar-refractivity contribution in [2.24, 2.45) is 0 Å². The standard InChI is InChI=1S/C11H13N3O2S2/c1-7-3-4-9(12)8(2)10(7)18(15,16)14-11-13-5-6-17-11/h3-6H,12H2,1-2H3,(H,13,14). The topological polar surface area (TPSA) is 85.1 Å². The van der Waals surface area contributed by atoms with E-state index in [1.165, 1.54) is 11.3 Å². The van der Waals surface area contributed by atoms with Gasteiger partial charge in [-0.25, -0.2) is 13.4 Å². The average Bonchev–Trinajstić information content (AvgIpc) is 2.75. The van der Waals surface area contributed by atoms with E-state index in [2.05, 4.69) is 9.71 Å². The van der Waals surface area contributed by atoms with Gasteiger partial charge in [-0.3, -0.25) is 4.72 Å². The van der Waals surface area contributed by atoms with Crippen LogP contribution >= 0.6 is 11.3 Å². The van der Waals surface area contributed by atoms with E-state index >= 15 is 0 Å². The van der Waals surface area contributed by atoms with Crippen molar-refractivity contribution in [3.05, 3.63) is 34.8 Å². The minimum atomic E-state index is -3.65. The molecule has 2 rings (SSSR count). The van der Waals surface area contributed by atoms with Gasteiger partial charge in [0.2, 0.25) is 0 Å². The smallest absolute Gasteiger partial charge is 0.264 e. The maximum absolute atomic E-state index is 12.3. The van der Waals surface area contributed by atoms with Crippen molar-refractivity contribution < 1.29 is 8.42 Å². The van der Waals surface area contributed by atoms with Crippen LogP contribution < -0.4 is 10.5 Å². The number of hydrogen-bond acceptors (Lipinski definition) is 5. The molecule has 1 aromatic carbocycles. The number of aryl methyl sites for hydroxylation is 1. The van der Waals surface area contributed by atoms with Crippen molar-refractivity contribution in [1.29, 1.82) is 0 Å². The SMILES string of the molecule is Cc1ccc(N)c(C)c1S(=O)(=O)Nc1nccs1. The van der Waals surface area contributed by atoms with Crippen LogP contribution in [0.2, 0.25) is 0 Å². The van der Waals surface area contributed by atoms with Crippen molar-refractivity contribution >= 4 is 32.2 Å². The van der Waals surface area contributed by atoms with Crippen LogP contribution in [0.15, 0.2) is 28.6 Å². The molecule has 0 aliphatic carbocycles. The van der Waals surface area contributed by atoms with Gasteiger partial charge in [-0.15, -0.1) is 11.3 Å². The number of nitrogens with one attached hydrogen (secondary N) is 1. The predicted molar refractivity (Wildman–Crippen MR) is 73.3 cm³/mol. The van der Waals surface area contributed by atoms with Crippen LogP contribution in [-0.4, -0.2) is 13.4 Å². The van der Waals surface area contributed by atoms with Crippen molar-refractivity contribution in [2.45, 2.75) is 18.7 Å². The first-order chi connectivity index (χ1) is 8.42. The van der Waals surface area contributed by atoms with Crippen LogP contribution in [-0.2, 0) is 10.0 Å². The van der Waals surface area contributed by atoms with Gasteiger partial charge in [0.25, 0.3) is 10.0 Å². The van der Waals surface area contributed by atoms with Crippen LogP contribution in [0, 0.1) is 13.8 Å². The molecule has 18 heavy (non-hydrogen) atoms. The highest BCUT2D eigenvalue weighted by molar-refractivity contribution is 7.93. The number of sulfonamides is 1. The number of benzene rings is 1. The van der Waals surface area contributed by atoms with E-state index in [1.807, 2.05) is 0 Å². The number of hydrogen-bond donors (Lipinski definition) is 2. The number of nitrogen functional groups attached to an aromatic ring is 1. The molecule has 0 aliphatic heterocycles. The molecule has 0 saturated heterocycles. The van der Waals surface area contributed by atoms with Crippen LogP contribution in [0.5, 0.6) is 0 Å². The van der Waals surface area contributed by atoms with Crippen LogP contribution in [0.1, 0.15) is 11.1 Å². The maximum atomic E-state index is 12.3. The van der Waals surface area contributed by atoms with Gasteiger partial charge in [0.05, 0.1) is 4.90 Å². The van der Waals surface area contributed by atoms with E-state index in [0.29, 0.717) is 21.9 Å². The fourth-order valence-electron chi connectivity index (χ4n) is 1.70. The highest BCUT2D eigenvalue weighted by Crippen LogP contribution is 2.27. The van der Waals surface area contributed by atoms with Gasteiger partial charge in [-0.1, -0.05) is 6.07 Å². The Bertz CT molecular complexity index is 664. The Morgan fingerprint density at radius 1 is 1.33 bits per heavy atom. The first-order valence-corrected chi connectivity index (χ1v) is 7.56. The van der Waals surface area contributed by atoms with Gasteiger partial charge < -0.3 is 5.73 Å². The summed E-state index contributed by atoms with van der Waals surface area (Å²) in [7, 11) is -3.65. The molecule has 0 amide bonds. The van der Waals surface area contributed by atoms with Crippen molar-refractivity contribution in [3.63, 3.8) is 0 Å². The lowest BCUT2D eigenvalue weighted by Crippen LogP contribution is -2.16. The number of nitrogens with two attached hydrogens (primary N) is 1. The minimum Gasteiger partial charge on any atom is -0.398 e. The summed E-state index contributed by atoms with van der Waals surface area (Å²) in [6.45, 7) is 3.43. The van der Waals surface area contributed by atoms with Crippen molar-refractivity contribution in [2.75, 3.05) is 10.5 Å². The second-order valence-electron chi connectivity index (χ2n) is 3.87. The summed E-state index contributed by atoms with van der Waals surface area (Å²) < 4.78 is 27.0. The Morgan fingerprint density at radius 3 is 2.67 bits per heavy atom. The first-order valence-electron chi connectivity index (χ1n) is 5.20. The third kappa shape index (κ3) is 2.32. The number of anilines is 2. The summed E-state index contributed by atoms with van der Waals surface area (Å²) in [5, 5.41) is 2.05. The quantitative estimate of drug-likeness (QED) is 0.845. The molecule has 3 N–H and O–H groups in total. The Balaban J connectivity index is 2.51. The number of aromatic nitrogens is 1. The fraction of sp³-hybridized carbons (Fsp3) is 0.182. The van der Waals surface area contributed by atoms with Gasteiger partial charge in [-0.05, 0) is 31.0 Å². The highest BCUT2D eigenvalue weighted by atomic mass is 32.2. The normalized spacial score (nSPS) is 11.4.